The second-order valence-corrected chi connectivity index (χ2v) is 15.0. The van der Waals surface area contributed by atoms with Gasteiger partial charge in [0, 0.05) is 38.7 Å². The molecule has 0 amide bonds. The first-order chi connectivity index (χ1) is 23.7. The summed E-state index contributed by atoms with van der Waals surface area (Å²) in [6.07, 6.45) is -3.94. The number of aliphatic hydroxyl groups is 2. The highest BCUT2D eigenvalue weighted by molar-refractivity contribution is 5.89. The number of carbonyl (C=O) groups is 3. The van der Waals surface area contributed by atoms with Crippen LogP contribution in [0.5, 0.6) is 0 Å². The number of nitrogens with zero attached hydrogens (tertiary/aromatic N) is 2. The molecule has 14 nitrogen and oxygen atoms in total. The van der Waals surface area contributed by atoms with E-state index < -0.39 is 89.6 Å². The van der Waals surface area contributed by atoms with Crippen molar-refractivity contribution in [2.24, 2.45) is 28.8 Å². The molecule has 51 heavy (non-hydrogen) atoms. The van der Waals surface area contributed by atoms with Crippen molar-refractivity contribution in [1.82, 2.24) is 4.90 Å². The Bertz CT molecular complexity index is 1210. The van der Waals surface area contributed by atoms with Gasteiger partial charge in [-0.1, -0.05) is 38.9 Å². The number of hydrogen-bond acceptors (Lipinski definition) is 14. The summed E-state index contributed by atoms with van der Waals surface area (Å²) >= 11 is 0. The molecular weight excluding hydrogens is 664 g/mol. The third-order valence-electron chi connectivity index (χ3n) is 10.5. The van der Waals surface area contributed by atoms with Crippen LogP contribution in [0.3, 0.4) is 0 Å². The number of rotatable bonds is 10. The summed E-state index contributed by atoms with van der Waals surface area (Å²) in [5.74, 6) is -4.73. The molecule has 2 heterocycles. The Labute approximate surface area is 304 Å². The van der Waals surface area contributed by atoms with Gasteiger partial charge in [0.05, 0.1) is 54.3 Å². The number of esters is 2. The van der Waals surface area contributed by atoms with E-state index in [1.807, 2.05) is 46.7 Å². The molecule has 14 atom stereocenters. The minimum atomic E-state index is -1.92. The van der Waals surface area contributed by atoms with E-state index in [1.165, 1.54) is 27.9 Å². The van der Waals surface area contributed by atoms with E-state index in [1.54, 1.807) is 26.8 Å². The molecule has 0 aromatic heterocycles. The second-order valence-electron chi connectivity index (χ2n) is 15.0. The Morgan fingerprint density at radius 1 is 1.08 bits per heavy atom. The number of hydrogen-bond donors (Lipinski definition) is 2. The summed E-state index contributed by atoms with van der Waals surface area (Å²) in [6, 6.07) is -0.241. The molecule has 2 N–H and O–H groups in total. The molecule has 0 aromatic rings. The SMILES string of the molecule is C=CCO[C@H]1[C@H](C)[C@@H](O[C@@H]2O[C@H](C)C[C@H](N(C)C)[C@H]2OC(C)=O)[C@](C)(OC)C[C@@H](C)/C(=N\OC(C)=O)[C@H](C)[C@@H](O)[C@](C)(O)[C@@H](CC)OC(=O)[C@@H]1C. The molecule has 2 saturated heterocycles. The number of carbonyl (C=O) groups excluding carboxylic acids is 3. The van der Waals surface area contributed by atoms with Crippen LogP contribution in [0.15, 0.2) is 17.8 Å². The number of oxime groups is 1. The fraction of sp³-hybridized carbons (Fsp3) is 0.838. The number of methoxy groups -OCH3 is 1. The molecule has 2 fully saturated rings. The number of ether oxygens (including phenoxy) is 6. The van der Waals surface area contributed by atoms with Gasteiger partial charge in [-0.15, -0.1) is 6.58 Å². The fourth-order valence-corrected chi connectivity index (χ4v) is 7.65. The highest BCUT2D eigenvalue weighted by atomic mass is 16.7. The van der Waals surface area contributed by atoms with E-state index in [4.69, 9.17) is 33.3 Å². The summed E-state index contributed by atoms with van der Waals surface area (Å²) in [7, 11) is 5.33. The average molecular weight is 729 g/mol. The van der Waals surface area contributed by atoms with E-state index >= 15 is 0 Å². The van der Waals surface area contributed by atoms with Crippen molar-refractivity contribution >= 4 is 23.6 Å². The maximum absolute atomic E-state index is 13.9. The van der Waals surface area contributed by atoms with Gasteiger partial charge in [-0.3, -0.25) is 9.59 Å². The van der Waals surface area contributed by atoms with Crippen molar-refractivity contribution in [3.63, 3.8) is 0 Å². The van der Waals surface area contributed by atoms with Crippen molar-refractivity contribution in [3.05, 3.63) is 12.7 Å². The molecule has 0 radical (unpaired) electrons. The minimum Gasteiger partial charge on any atom is -0.459 e. The number of likely N-dealkylation sites (N-methyl/N-ethyl adjacent to an activating group) is 1. The van der Waals surface area contributed by atoms with Crippen LogP contribution in [0.4, 0.5) is 0 Å². The zero-order valence-electron chi connectivity index (χ0n) is 32.9. The predicted molar refractivity (Wildman–Crippen MR) is 189 cm³/mol. The summed E-state index contributed by atoms with van der Waals surface area (Å²) in [5.41, 5.74) is -2.85. The topological polar surface area (TPSA) is 172 Å². The van der Waals surface area contributed by atoms with Gasteiger partial charge in [0.15, 0.2) is 12.4 Å². The van der Waals surface area contributed by atoms with Crippen LogP contribution in [0.1, 0.15) is 88.5 Å². The molecule has 2 rings (SSSR count). The lowest BCUT2D eigenvalue weighted by Gasteiger charge is -2.49. The van der Waals surface area contributed by atoms with Crippen molar-refractivity contribution in [2.45, 2.75) is 149 Å². The molecular formula is C37H64N2O12. The lowest BCUT2D eigenvalue weighted by Crippen LogP contribution is -2.61. The number of aliphatic hydroxyl groups excluding tert-OH is 1. The van der Waals surface area contributed by atoms with Crippen molar-refractivity contribution < 1.29 is 57.9 Å². The molecule has 2 aliphatic rings. The molecule has 0 saturated carbocycles. The Hall–Kier alpha value is -2.46. The lowest BCUT2D eigenvalue weighted by atomic mass is 9.73. The first-order valence-corrected chi connectivity index (χ1v) is 17.9. The minimum absolute atomic E-state index is 0.0968. The standard InChI is InChI=1S/C37H64N2O12/c1-15-17-46-30-23(6)33(50-35-31(48-25(8)40)27(39(12)13)18-21(4)47-35)36(10,45-14)19-20(3)29(38-51-26(9)41)22(5)32(42)37(11,44)28(16-2)49-34(43)24(30)7/h15,20-24,27-28,30-33,35,42,44H,1,16-19H2,2-14H3/b38-29+/t20-,21-,22+,23+,24-,27+,28-,30+,31-,32-,33-,35+,36-,37-/m1/s1. The van der Waals surface area contributed by atoms with Crippen molar-refractivity contribution in [1.29, 1.82) is 0 Å². The van der Waals surface area contributed by atoms with Gasteiger partial charge in [0.25, 0.3) is 0 Å². The zero-order valence-corrected chi connectivity index (χ0v) is 32.9. The van der Waals surface area contributed by atoms with Crippen molar-refractivity contribution in [2.75, 3.05) is 27.8 Å². The fourth-order valence-electron chi connectivity index (χ4n) is 7.65. The Balaban J connectivity index is 2.89. The molecule has 2 aliphatic heterocycles. The third kappa shape index (κ3) is 11.0. The first-order valence-electron chi connectivity index (χ1n) is 17.9. The van der Waals surface area contributed by atoms with Crippen LogP contribution >= 0.6 is 0 Å². The van der Waals surface area contributed by atoms with Gasteiger partial charge in [-0.25, -0.2) is 4.79 Å². The van der Waals surface area contributed by atoms with E-state index in [0.717, 1.165) is 0 Å². The third-order valence-corrected chi connectivity index (χ3v) is 10.5. The highest BCUT2D eigenvalue weighted by Crippen LogP contribution is 2.40. The van der Waals surface area contributed by atoms with Gasteiger partial charge in [0.1, 0.15) is 11.7 Å². The van der Waals surface area contributed by atoms with Gasteiger partial charge in [0.2, 0.25) is 0 Å². The average Bonchev–Trinajstić information content (AvgIpc) is 3.05. The monoisotopic (exact) mass is 728 g/mol. The van der Waals surface area contributed by atoms with Crippen LogP contribution in [-0.4, -0.2) is 127 Å². The maximum atomic E-state index is 13.9. The Morgan fingerprint density at radius 3 is 2.22 bits per heavy atom. The maximum Gasteiger partial charge on any atom is 0.331 e. The molecule has 0 spiro atoms. The number of cyclic esters (lactones) is 1. The quantitative estimate of drug-likeness (QED) is 0.145. The van der Waals surface area contributed by atoms with Gasteiger partial charge in [-0.2, -0.15) is 0 Å². The van der Waals surface area contributed by atoms with E-state index in [0.29, 0.717) is 6.42 Å². The van der Waals surface area contributed by atoms with Crippen LogP contribution in [0.25, 0.3) is 0 Å². The molecule has 0 unspecified atom stereocenters. The Kier molecular flexibility index (Phi) is 16.7. The first kappa shape index (κ1) is 44.7. The van der Waals surface area contributed by atoms with Crippen molar-refractivity contribution in [3.8, 4) is 0 Å². The van der Waals surface area contributed by atoms with E-state index in [2.05, 4.69) is 11.7 Å². The van der Waals surface area contributed by atoms with Crippen LogP contribution < -0.4 is 0 Å². The van der Waals surface area contributed by atoms with E-state index in [9.17, 15) is 24.6 Å². The summed E-state index contributed by atoms with van der Waals surface area (Å²) in [5, 5.41) is 27.6. The normalized spacial score (nSPS) is 41.0. The lowest BCUT2D eigenvalue weighted by molar-refractivity contribution is -0.304. The highest BCUT2D eigenvalue weighted by Gasteiger charge is 2.52. The van der Waals surface area contributed by atoms with Gasteiger partial charge in [-0.05, 0) is 61.1 Å². The molecule has 0 aliphatic carbocycles. The van der Waals surface area contributed by atoms with E-state index in [-0.39, 0.29) is 37.3 Å². The van der Waals surface area contributed by atoms with Gasteiger partial charge < -0.3 is 48.4 Å². The Morgan fingerprint density at radius 2 is 1.71 bits per heavy atom. The smallest absolute Gasteiger partial charge is 0.331 e. The molecule has 14 heteroatoms. The summed E-state index contributed by atoms with van der Waals surface area (Å²) in [4.78, 5) is 45.4. The molecule has 0 aromatic carbocycles. The molecule has 0 bridgehead atoms. The van der Waals surface area contributed by atoms with Crippen LogP contribution in [0, 0.1) is 23.7 Å². The summed E-state index contributed by atoms with van der Waals surface area (Å²) < 4.78 is 37.7. The largest absolute Gasteiger partial charge is 0.459 e. The predicted octanol–water partition coefficient (Wildman–Crippen LogP) is 3.65. The summed E-state index contributed by atoms with van der Waals surface area (Å²) in [6.45, 7) is 20.4. The zero-order chi connectivity index (χ0) is 39.0. The second kappa shape index (κ2) is 19.0. The van der Waals surface area contributed by atoms with Crippen LogP contribution in [-0.2, 0) is 47.6 Å². The molecule has 294 valence electrons. The van der Waals surface area contributed by atoms with Gasteiger partial charge >= 0.3 is 17.9 Å². The van der Waals surface area contributed by atoms with Crippen LogP contribution in [0.2, 0.25) is 0 Å².